The van der Waals surface area contributed by atoms with Gasteiger partial charge >= 0.3 is 0 Å². The smallest absolute Gasteiger partial charge is 0.233 e. The van der Waals surface area contributed by atoms with Crippen LogP contribution in [0.4, 0.5) is 0 Å². The van der Waals surface area contributed by atoms with Gasteiger partial charge in [0.05, 0.1) is 11.8 Å². The first kappa shape index (κ1) is 24.3. The van der Waals surface area contributed by atoms with Gasteiger partial charge in [-0.2, -0.15) is 0 Å². The lowest BCUT2D eigenvalue weighted by molar-refractivity contribution is -0.130. The third-order valence-corrected chi connectivity index (χ3v) is 7.56. The highest BCUT2D eigenvalue weighted by Gasteiger charge is 2.28. The van der Waals surface area contributed by atoms with Gasteiger partial charge in [-0.25, -0.2) is 0 Å². The second kappa shape index (κ2) is 11.1. The van der Waals surface area contributed by atoms with Crippen molar-refractivity contribution in [3.05, 3.63) is 107 Å². The predicted molar refractivity (Wildman–Crippen MR) is 144 cm³/mol. The van der Waals surface area contributed by atoms with E-state index in [9.17, 15) is 4.79 Å². The lowest BCUT2D eigenvalue weighted by Gasteiger charge is -2.39. The van der Waals surface area contributed by atoms with E-state index >= 15 is 0 Å². The van der Waals surface area contributed by atoms with Crippen LogP contribution in [-0.4, -0.2) is 62.4 Å². The Kier molecular flexibility index (Phi) is 7.49. The van der Waals surface area contributed by atoms with Crippen molar-refractivity contribution < 1.29 is 4.79 Å². The molecule has 1 saturated heterocycles. The van der Waals surface area contributed by atoms with Crippen LogP contribution in [0, 0.1) is 13.8 Å². The third kappa shape index (κ3) is 5.37. The molecule has 1 amide bonds. The fourth-order valence-electron chi connectivity index (χ4n) is 4.83. The van der Waals surface area contributed by atoms with E-state index in [1.165, 1.54) is 28.5 Å². The number of nitrogens with zero attached hydrogens (tertiary/aromatic N) is 5. The van der Waals surface area contributed by atoms with E-state index in [1.807, 2.05) is 28.5 Å². The molecule has 184 valence electrons. The number of hydrogen-bond donors (Lipinski definition) is 0. The molecule has 0 aliphatic carbocycles. The standard InChI is InChI=1S/C29H31N5OS/c1-22-10-9-15-26(20-22)34-23(2)30-31-29(34)36-21-27(35)32-16-18-33(19-17-32)28(24-11-5-3-6-12-24)25-13-7-4-8-14-25/h3-15,20,28H,16-19,21H2,1-2H3. The van der Waals surface area contributed by atoms with E-state index < -0.39 is 0 Å². The summed E-state index contributed by atoms with van der Waals surface area (Å²) in [6.45, 7) is 7.13. The van der Waals surface area contributed by atoms with Gasteiger partial charge in [-0.15, -0.1) is 10.2 Å². The summed E-state index contributed by atoms with van der Waals surface area (Å²) in [5.74, 6) is 1.31. The van der Waals surface area contributed by atoms with E-state index in [2.05, 4.69) is 94.8 Å². The molecule has 1 aromatic heterocycles. The molecular formula is C29H31N5OS. The molecule has 4 aromatic rings. The van der Waals surface area contributed by atoms with Gasteiger partial charge in [-0.05, 0) is 42.7 Å². The molecule has 2 heterocycles. The lowest BCUT2D eigenvalue weighted by Crippen LogP contribution is -2.50. The highest BCUT2D eigenvalue weighted by atomic mass is 32.2. The van der Waals surface area contributed by atoms with Crippen molar-refractivity contribution in [2.75, 3.05) is 31.9 Å². The van der Waals surface area contributed by atoms with E-state index in [1.54, 1.807) is 0 Å². The van der Waals surface area contributed by atoms with Gasteiger partial charge in [0.1, 0.15) is 5.82 Å². The van der Waals surface area contributed by atoms with Crippen LogP contribution in [0.25, 0.3) is 5.69 Å². The van der Waals surface area contributed by atoms with Crippen LogP contribution in [0.3, 0.4) is 0 Å². The zero-order chi connectivity index (χ0) is 24.9. The molecule has 0 bridgehead atoms. The van der Waals surface area contributed by atoms with Gasteiger partial charge in [0.25, 0.3) is 0 Å². The van der Waals surface area contributed by atoms with Gasteiger partial charge in [0.15, 0.2) is 5.16 Å². The van der Waals surface area contributed by atoms with Gasteiger partial charge < -0.3 is 4.90 Å². The molecule has 1 aliphatic rings. The number of carbonyl (C=O) groups excluding carboxylic acids is 1. The Morgan fingerprint density at radius 2 is 1.47 bits per heavy atom. The van der Waals surface area contributed by atoms with Gasteiger partial charge in [-0.3, -0.25) is 14.3 Å². The van der Waals surface area contributed by atoms with Crippen molar-refractivity contribution in [2.45, 2.75) is 25.0 Å². The van der Waals surface area contributed by atoms with Crippen LogP contribution in [0.2, 0.25) is 0 Å². The summed E-state index contributed by atoms with van der Waals surface area (Å²) in [6, 6.07) is 29.7. The number of aryl methyl sites for hydroxylation is 2. The summed E-state index contributed by atoms with van der Waals surface area (Å²) in [4.78, 5) is 17.6. The summed E-state index contributed by atoms with van der Waals surface area (Å²) in [5, 5.41) is 9.35. The largest absolute Gasteiger partial charge is 0.339 e. The van der Waals surface area contributed by atoms with Crippen LogP contribution in [0.1, 0.15) is 28.6 Å². The maximum atomic E-state index is 13.1. The van der Waals surface area contributed by atoms with Crippen molar-refractivity contribution in [2.24, 2.45) is 0 Å². The number of rotatable bonds is 7. The predicted octanol–water partition coefficient (Wildman–Crippen LogP) is 4.91. The number of hydrogen-bond acceptors (Lipinski definition) is 5. The molecule has 0 radical (unpaired) electrons. The molecule has 0 saturated carbocycles. The first-order chi connectivity index (χ1) is 17.6. The summed E-state index contributed by atoms with van der Waals surface area (Å²) in [7, 11) is 0. The zero-order valence-corrected chi connectivity index (χ0v) is 21.6. The van der Waals surface area contributed by atoms with Crippen LogP contribution in [0.15, 0.2) is 90.1 Å². The molecule has 5 rings (SSSR count). The average Bonchev–Trinajstić information content (AvgIpc) is 3.29. The third-order valence-electron chi connectivity index (χ3n) is 6.64. The lowest BCUT2D eigenvalue weighted by atomic mass is 9.96. The minimum Gasteiger partial charge on any atom is -0.339 e. The molecule has 0 unspecified atom stereocenters. The summed E-state index contributed by atoms with van der Waals surface area (Å²) in [5.41, 5.74) is 4.76. The molecule has 36 heavy (non-hydrogen) atoms. The van der Waals surface area contributed by atoms with Crippen LogP contribution in [0.5, 0.6) is 0 Å². The van der Waals surface area contributed by atoms with Crippen molar-refractivity contribution in [3.8, 4) is 5.69 Å². The van der Waals surface area contributed by atoms with E-state index in [-0.39, 0.29) is 11.9 Å². The van der Waals surface area contributed by atoms with Gasteiger partial charge in [0.2, 0.25) is 5.91 Å². The van der Waals surface area contributed by atoms with Crippen molar-refractivity contribution in [1.29, 1.82) is 0 Å². The normalized spacial score (nSPS) is 14.4. The highest BCUT2D eigenvalue weighted by Crippen LogP contribution is 2.30. The number of carbonyl (C=O) groups is 1. The molecule has 6 nitrogen and oxygen atoms in total. The molecule has 0 atom stereocenters. The number of thioether (sulfide) groups is 1. The Morgan fingerprint density at radius 1 is 0.833 bits per heavy atom. The SMILES string of the molecule is Cc1cccc(-n2c(C)nnc2SCC(=O)N2CCN(C(c3ccccc3)c3ccccc3)CC2)c1. The van der Waals surface area contributed by atoms with Crippen molar-refractivity contribution in [1.82, 2.24) is 24.6 Å². The number of amides is 1. The maximum absolute atomic E-state index is 13.1. The molecule has 1 aliphatic heterocycles. The number of aromatic nitrogens is 3. The Hall–Kier alpha value is -3.42. The summed E-state index contributed by atoms with van der Waals surface area (Å²) < 4.78 is 2.02. The molecule has 7 heteroatoms. The van der Waals surface area contributed by atoms with Crippen LogP contribution >= 0.6 is 11.8 Å². The molecule has 0 N–H and O–H groups in total. The van der Waals surface area contributed by atoms with Crippen molar-refractivity contribution in [3.63, 3.8) is 0 Å². The van der Waals surface area contributed by atoms with Crippen LogP contribution < -0.4 is 0 Å². The monoisotopic (exact) mass is 497 g/mol. The molecular weight excluding hydrogens is 466 g/mol. The van der Waals surface area contributed by atoms with Gasteiger partial charge in [0, 0.05) is 31.9 Å². The quantitative estimate of drug-likeness (QED) is 0.340. The molecule has 1 fully saturated rings. The van der Waals surface area contributed by atoms with E-state index in [0.717, 1.165) is 42.8 Å². The van der Waals surface area contributed by atoms with Crippen molar-refractivity contribution >= 4 is 17.7 Å². The fraction of sp³-hybridized carbons (Fsp3) is 0.276. The minimum absolute atomic E-state index is 0.145. The minimum atomic E-state index is 0.145. The summed E-state index contributed by atoms with van der Waals surface area (Å²) >= 11 is 1.46. The average molecular weight is 498 g/mol. The first-order valence-corrected chi connectivity index (χ1v) is 13.3. The Balaban J connectivity index is 1.23. The Morgan fingerprint density at radius 3 is 2.08 bits per heavy atom. The highest BCUT2D eigenvalue weighted by molar-refractivity contribution is 7.99. The second-order valence-corrected chi connectivity index (χ2v) is 10.1. The maximum Gasteiger partial charge on any atom is 0.233 e. The topological polar surface area (TPSA) is 54.3 Å². The first-order valence-electron chi connectivity index (χ1n) is 12.3. The number of benzene rings is 3. The summed E-state index contributed by atoms with van der Waals surface area (Å²) in [6.07, 6.45) is 0. The molecule has 0 spiro atoms. The van der Waals surface area contributed by atoms with E-state index in [4.69, 9.17) is 0 Å². The second-order valence-electron chi connectivity index (χ2n) is 9.13. The fourth-order valence-corrected chi connectivity index (χ4v) is 5.73. The molecule has 3 aromatic carbocycles. The number of piperazine rings is 1. The zero-order valence-electron chi connectivity index (χ0n) is 20.7. The Bertz CT molecular complexity index is 1260. The van der Waals surface area contributed by atoms with Gasteiger partial charge in [-0.1, -0.05) is 84.6 Å². The van der Waals surface area contributed by atoms with Crippen LogP contribution in [-0.2, 0) is 4.79 Å². The Labute approximate surface area is 217 Å². The van der Waals surface area contributed by atoms with E-state index in [0.29, 0.717) is 5.75 Å².